The van der Waals surface area contributed by atoms with E-state index in [1.807, 2.05) is 31.2 Å². The van der Waals surface area contributed by atoms with Gasteiger partial charge in [0.15, 0.2) is 0 Å². The first kappa shape index (κ1) is 32.7. The van der Waals surface area contributed by atoms with Gasteiger partial charge >= 0.3 is 7.40 Å². The van der Waals surface area contributed by atoms with Gasteiger partial charge in [-0.05, 0) is 147 Å². The van der Waals surface area contributed by atoms with Gasteiger partial charge in [0.2, 0.25) is 5.91 Å². The van der Waals surface area contributed by atoms with Gasteiger partial charge in [-0.1, -0.05) is 25.8 Å². The van der Waals surface area contributed by atoms with Crippen molar-refractivity contribution in [2.45, 2.75) is 103 Å². The molecule has 2 aromatic rings. The Hall–Kier alpha value is -3.20. The molecule has 0 radical (unpaired) electrons. The van der Waals surface area contributed by atoms with Crippen molar-refractivity contribution in [2.75, 3.05) is 6.54 Å². The summed E-state index contributed by atoms with van der Waals surface area (Å²) in [7, 11) is -2.61. The number of allylic oxidation sites excluding steroid dienone is 2. The number of nitrogens with one attached hydrogen (secondary N) is 1. The topological polar surface area (TPSA) is 86.9 Å². The Kier molecular flexibility index (Phi) is 9.61. The number of carbonyl (C=O) groups is 1. The molecular weight excluding hydrogens is 583 g/mol. The zero-order chi connectivity index (χ0) is 32.6. The second-order valence-corrected chi connectivity index (χ2v) is 14.5. The van der Waals surface area contributed by atoms with E-state index in [1.165, 1.54) is 11.1 Å². The molecule has 6 rings (SSSR count). The van der Waals surface area contributed by atoms with E-state index in [-0.39, 0.29) is 17.4 Å². The molecule has 4 aliphatic rings. The number of nitrogens with zero attached hydrogens (tertiary/aromatic N) is 2. The number of hydrogen-bond donors (Lipinski definition) is 3. The third-order valence-electron chi connectivity index (χ3n) is 11.7. The molecule has 0 unspecified atom stereocenters. The summed E-state index contributed by atoms with van der Waals surface area (Å²) < 4.78 is 28.1. The number of aromatic hydroxyl groups is 1. The fourth-order valence-corrected chi connectivity index (χ4v) is 9.36. The van der Waals surface area contributed by atoms with Gasteiger partial charge in [-0.2, -0.15) is 0 Å². The van der Waals surface area contributed by atoms with Crippen molar-refractivity contribution in [3.63, 3.8) is 0 Å². The molecule has 2 saturated carbocycles. The summed E-state index contributed by atoms with van der Waals surface area (Å²) in [5, 5.41) is 24.2. The molecule has 9 heteroatoms. The van der Waals surface area contributed by atoms with Crippen LogP contribution >= 0.6 is 0 Å². The molecule has 1 aliphatic heterocycles. The van der Waals surface area contributed by atoms with Crippen LogP contribution in [0.5, 0.6) is 5.75 Å². The van der Waals surface area contributed by atoms with Gasteiger partial charge in [0, 0.05) is 30.1 Å². The minimum absolute atomic E-state index is 0.000560. The minimum Gasteiger partial charge on any atom is -0.508 e. The predicted octanol–water partition coefficient (Wildman–Crippen LogP) is 7.53. The molecule has 46 heavy (non-hydrogen) atoms. The van der Waals surface area contributed by atoms with Crippen molar-refractivity contribution in [3.05, 3.63) is 70.2 Å². The molecule has 0 saturated heterocycles. The number of unbranched alkanes of at least 4 members (excludes halogenated alkanes) is 2. The smallest absolute Gasteiger partial charge is 0.508 e. The lowest BCUT2D eigenvalue weighted by molar-refractivity contribution is -0.120. The van der Waals surface area contributed by atoms with Crippen LogP contribution in [0.2, 0.25) is 0 Å². The first-order chi connectivity index (χ1) is 22.0. The lowest BCUT2D eigenvalue weighted by atomic mass is 9.52. The van der Waals surface area contributed by atoms with E-state index < -0.39 is 7.40 Å². The normalized spacial score (nSPS) is 29.0. The molecule has 246 valence electrons. The molecule has 1 aromatic carbocycles. The monoisotopic (exact) mass is 631 g/mol. The van der Waals surface area contributed by atoms with Crippen molar-refractivity contribution < 1.29 is 23.6 Å². The van der Waals surface area contributed by atoms with Gasteiger partial charge in [0.25, 0.3) is 0 Å². The van der Waals surface area contributed by atoms with Crippen molar-refractivity contribution >= 4 is 25.1 Å². The number of aliphatic imine (C=N–C) groups is 1. The van der Waals surface area contributed by atoms with Crippen LogP contribution in [0.3, 0.4) is 0 Å². The molecule has 3 N–H and O–H groups in total. The van der Waals surface area contributed by atoms with E-state index in [0.29, 0.717) is 65.9 Å². The van der Waals surface area contributed by atoms with E-state index in [4.69, 9.17) is 0 Å². The Morgan fingerprint density at radius 3 is 2.78 bits per heavy atom. The van der Waals surface area contributed by atoms with Crippen LogP contribution in [0.25, 0.3) is 6.08 Å². The van der Waals surface area contributed by atoms with Gasteiger partial charge in [0.05, 0.1) is 11.8 Å². The quantitative estimate of drug-likeness (QED) is 0.177. The molecule has 1 amide bonds. The van der Waals surface area contributed by atoms with Crippen LogP contribution in [0.15, 0.2) is 47.1 Å². The maximum Gasteiger partial charge on any atom is 0.677 e. The molecule has 2 fully saturated rings. The second kappa shape index (κ2) is 13.5. The third kappa shape index (κ3) is 6.49. The van der Waals surface area contributed by atoms with Gasteiger partial charge in [-0.3, -0.25) is 18.4 Å². The number of halogens is 2. The Labute approximate surface area is 272 Å². The van der Waals surface area contributed by atoms with Crippen LogP contribution in [0.4, 0.5) is 8.63 Å². The van der Waals surface area contributed by atoms with Gasteiger partial charge in [-0.25, -0.2) is 0 Å². The highest BCUT2D eigenvalue weighted by atomic mass is 19.2. The van der Waals surface area contributed by atoms with E-state index in [9.17, 15) is 23.6 Å². The van der Waals surface area contributed by atoms with Crippen LogP contribution in [0.1, 0.15) is 105 Å². The number of carbonyl (C=O) groups excluding carboxylic acids is 1. The van der Waals surface area contributed by atoms with Gasteiger partial charge < -0.3 is 20.0 Å². The number of hydrogen-bond acceptors (Lipinski definition) is 4. The highest BCUT2D eigenvalue weighted by Crippen LogP contribution is 2.62. The molecule has 3 aliphatic carbocycles. The maximum atomic E-state index is 13.5. The molecule has 0 bridgehead atoms. The minimum atomic E-state index is -2.61. The van der Waals surface area contributed by atoms with Crippen LogP contribution in [-0.2, 0) is 11.2 Å². The second-order valence-electron chi connectivity index (χ2n) is 14.5. The molecule has 2 heterocycles. The highest BCUT2D eigenvalue weighted by Gasteiger charge is 2.56. The fourth-order valence-electron chi connectivity index (χ4n) is 9.36. The van der Waals surface area contributed by atoms with E-state index in [1.54, 1.807) is 19.1 Å². The Morgan fingerprint density at radius 2 is 1.98 bits per heavy atom. The van der Waals surface area contributed by atoms with Crippen LogP contribution in [-0.4, -0.2) is 46.4 Å². The van der Waals surface area contributed by atoms with E-state index in [0.717, 1.165) is 73.5 Å². The summed E-state index contributed by atoms with van der Waals surface area (Å²) in [6.45, 7) is 6.45. The predicted molar refractivity (Wildman–Crippen MR) is 180 cm³/mol. The summed E-state index contributed by atoms with van der Waals surface area (Å²) in [6, 6.07) is 7.71. The summed E-state index contributed by atoms with van der Waals surface area (Å²) in [6.07, 6.45) is 15.4. The molecule has 6 nitrogen and oxygen atoms in total. The number of rotatable bonds is 11. The standard InChI is InChI=1S/C37H48BF2N3O3/c1-23-19-24(2)43(38(39)40)33(23)22-28-9-8-27(42-28)10-15-35(46)41-18-6-4-5-7-25-20-26-21-29(44)11-12-30(26)31-16-17-37(3)32(36(25)31)13-14-34(37)45/h8-9,11-12,19,21-22,25,31-32,34,36,44-45H,4-7,10,13-18,20H2,1-3H3,(H,41,46)/b28-22-/t25-,31-,32+,34+,36-,37+/m1/s1. The van der Waals surface area contributed by atoms with Crippen molar-refractivity contribution in [2.24, 2.45) is 28.2 Å². The van der Waals surface area contributed by atoms with Crippen molar-refractivity contribution in [3.8, 4) is 5.75 Å². The van der Waals surface area contributed by atoms with Crippen LogP contribution in [0, 0.1) is 37.0 Å². The molecule has 0 spiro atoms. The van der Waals surface area contributed by atoms with Gasteiger partial charge in [0.1, 0.15) is 5.75 Å². The number of phenolic OH excluding ortho intramolecular Hbond substituents is 1. The first-order valence-electron chi connectivity index (χ1n) is 17.3. The van der Waals surface area contributed by atoms with E-state index >= 15 is 0 Å². The summed E-state index contributed by atoms with van der Waals surface area (Å²) in [5.41, 5.74) is 5.89. The Morgan fingerprint density at radius 1 is 1.15 bits per heavy atom. The average Bonchev–Trinajstić information content (AvgIpc) is 3.68. The number of phenols is 1. The Bertz CT molecular complexity index is 1550. The molecular formula is C37H48BF2N3O3. The van der Waals surface area contributed by atoms with Gasteiger partial charge in [-0.15, -0.1) is 0 Å². The zero-order valence-corrected chi connectivity index (χ0v) is 27.4. The largest absolute Gasteiger partial charge is 0.677 e. The molecule has 1 aromatic heterocycles. The summed E-state index contributed by atoms with van der Waals surface area (Å²) >= 11 is 0. The number of aliphatic hydroxyl groups excluding tert-OH is 1. The zero-order valence-electron chi connectivity index (χ0n) is 27.4. The molecule has 6 atom stereocenters. The lowest BCUT2D eigenvalue weighted by Gasteiger charge is -2.53. The average molecular weight is 632 g/mol. The number of fused-ring (bicyclic) bond motifs is 5. The fraction of sp³-hybridized carbons (Fsp3) is 0.568. The number of amides is 1. The number of aliphatic hydroxyl groups is 1. The van der Waals surface area contributed by atoms with Crippen molar-refractivity contribution in [1.29, 1.82) is 0 Å². The van der Waals surface area contributed by atoms with Crippen molar-refractivity contribution in [1.82, 2.24) is 9.79 Å². The maximum absolute atomic E-state index is 13.5. The Balaban J connectivity index is 0.960. The number of benzene rings is 1. The summed E-state index contributed by atoms with van der Waals surface area (Å²) in [5.74, 6) is 2.55. The SMILES string of the molecule is Cc1cc(C)n(B(F)F)c1/C=C1/C=CC(CCC(=O)NCCCCC[C@@H]2Cc3cc(O)ccc3[C@H]3CC[C@]4(C)[C@@H](O)CC[C@H]4[C@H]23)=N1. The summed E-state index contributed by atoms with van der Waals surface area (Å²) in [4.78, 5) is 17.1. The first-order valence-corrected chi connectivity index (χ1v) is 17.3. The number of aromatic nitrogens is 1. The lowest BCUT2D eigenvalue weighted by Crippen LogP contribution is -2.47. The highest BCUT2D eigenvalue weighted by molar-refractivity contribution is 6.41. The van der Waals surface area contributed by atoms with Crippen LogP contribution < -0.4 is 5.32 Å². The number of aryl methyl sites for hydroxylation is 2. The van der Waals surface area contributed by atoms with E-state index in [2.05, 4.69) is 23.3 Å². The third-order valence-corrected chi connectivity index (χ3v) is 11.7.